The quantitative estimate of drug-likeness (QED) is 0.632. The number of hydrogen-bond acceptors (Lipinski definition) is 5. The van der Waals surface area contributed by atoms with Crippen LogP contribution in [0.15, 0.2) is 47.4 Å². The lowest BCUT2D eigenvalue weighted by molar-refractivity contribution is -0.113. The van der Waals surface area contributed by atoms with Crippen molar-refractivity contribution >= 4 is 29.0 Å². The number of carbonyl (C=O) groups excluding carboxylic acids is 1. The Balaban J connectivity index is 1.98. The molecule has 6 heteroatoms. The maximum Gasteiger partial charge on any atom is 0.234 e. The van der Waals surface area contributed by atoms with E-state index in [9.17, 15) is 4.79 Å². The Morgan fingerprint density at radius 1 is 1.14 bits per heavy atom. The van der Waals surface area contributed by atoms with Crippen molar-refractivity contribution in [3.05, 3.63) is 42.5 Å². The summed E-state index contributed by atoms with van der Waals surface area (Å²) in [5.41, 5.74) is 6.92. The van der Waals surface area contributed by atoms with Crippen LogP contribution in [0.2, 0.25) is 0 Å². The van der Waals surface area contributed by atoms with Crippen LogP contribution in [-0.2, 0) is 4.79 Å². The number of amides is 1. The summed E-state index contributed by atoms with van der Waals surface area (Å²) < 4.78 is 10.4. The zero-order valence-corrected chi connectivity index (χ0v) is 13.3. The second-order valence-corrected chi connectivity index (χ2v) is 5.52. The highest BCUT2D eigenvalue weighted by atomic mass is 32.2. The van der Waals surface area contributed by atoms with Crippen molar-refractivity contribution < 1.29 is 14.3 Å². The number of nitrogens with one attached hydrogen (secondary N) is 1. The molecule has 0 bridgehead atoms. The molecular formula is C16H18N2O3S. The molecule has 116 valence electrons. The summed E-state index contributed by atoms with van der Waals surface area (Å²) in [6.45, 7) is 0. The van der Waals surface area contributed by atoms with Crippen molar-refractivity contribution in [3.8, 4) is 11.5 Å². The highest BCUT2D eigenvalue weighted by Gasteiger charge is 2.09. The topological polar surface area (TPSA) is 73.6 Å². The van der Waals surface area contributed by atoms with Crippen molar-refractivity contribution in [1.82, 2.24) is 0 Å². The van der Waals surface area contributed by atoms with Gasteiger partial charge in [-0.25, -0.2) is 0 Å². The van der Waals surface area contributed by atoms with E-state index in [-0.39, 0.29) is 5.91 Å². The van der Waals surface area contributed by atoms with Gasteiger partial charge in [0.1, 0.15) is 11.5 Å². The zero-order valence-electron chi connectivity index (χ0n) is 12.5. The predicted molar refractivity (Wildman–Crippen MR) is 89.8 cm³/mol. The zero-order chi connectivity index (χ0) is 15.9. The molecule has 3 N–H and O–H groups in total. The third-order valence-electron chi connectivity index (χ3n) is 2.93. The van der Waals surface area contributed by atoms with E-state index < -0.39 is 0 Å². The number of hydrogen-bond donors (Lipinski definition) is 2. The van der Waals surface area contributed by atoms with Gasteiger partial charge in [0, 0.05) is 16.6 Å². The highest BCUT2D eigenvalue weighted by molar-refractivity contribution is 8.00. The predicted octanol–water partition coefficient (Wildman–Crippen LogP) is 3.02. The SMILES string of the molecule is COc1ccc(OC)c(NC(=O)CSc2ccc(N)cc2)c1. The molecule has 2 aromatic rings. The molecule has 2 rings (SSSR count). The number of nitrogen functional groups attached to an aromatic ring is 1. The monoisotopic (exact) mass is 318 g/mol. The van der Waals surface area contributed by atoms with Gasteiger partial charge in [-0.2, -0.15) is 0 Å². The molecule has 0 atom stereocenters. The molecule has 0 unspecified atom stereocenters. The fourth-order valence-corrected chi connectivity index (χ4v) is 2.51. The van der Waals surface area contributed by atoms with E-state index in [1.54, 1.807) is 32.4 Å². The molecule has 22 heavy (non-hydrogen) atoms. The molecule has 0 spiro atoms. The van der Waals surface area contributed by atoms with Gasteiger partial charge in [0.05, 0.1) is 25.7 Å². The van der Waals surface area contributed by atoms with E-state index in [0.717, 1.165) is 4.90 Å². The van der Waals surface area contributed by atoms with Crippen LogP contribution in [-0.4, -0.2) is 25.9 Å². The molecule has 0 aliphatic heterocycles. The third-order valence-corrected chi connectivity index (χ3v) is 3.94. The highest BCUT2D eigenvalue weighted by Crippen LogP contribution is 2.29. The van der Waals surface area contributed by atoms with Gasteiger partial charge >= 0.3 is 0 Å². The fraction of sp³-hybridized carbons (Fsp3) is 0.188. The smallest absolute Gasteiger partial charge is 0.234 e. The van der Waals surface area contributed by atoms with Crippen LogP contribution in [0.25, 0.3) is 0 Å². The van der Waals surface area contributed by atoms with E-state index in [2.05, 4.69) is 5.32 Å². The van der Waals surface area contributed by atoms with Gasteiger partial charge in [0.2, 0.25) is 5.91 Å². The number of rotatable bonds is 6. The van der Waals surface area contributed by atoms with Crippen LogP contribution in [0.4, 0.5) is 11.4 Å². The van der Waals surface area contributed by atoms with Gasteiger partial charge in [0.15, 0.2) is 0 Å². The average molecular weight is 318 g/mol. The summed E-state index contributed by atoms with van der Waals surface area (Å²) in [6.07, 6.45) is 0. The van der Waals surface area contributed by atoms with Crippen molar-refractivity contribution in [2.45, 2.75) is 4.90 Å². The summed E-state index contributed by atoms with van der Waals surface area (Å²) in [7, 11) is 3.13. The van der Waals surface area contributed by atoms with Crippen LogP contribution in [0.1, 0.15) is 0 Å². The number of nitrogens with two attached hydrogens (primary N) is 1. The Morgan fingerprint density at radius 2 is 1.86 bits per heavy atom. The maximum atomic E-state index is 12.1. The van der Waals surface area contributed by atoms with Crippen LogP contribution in [0, 0.1) is 0 Å². The number of ether oxygens (including phenoxy) is 2. The number of methoxy groups -OCH3 is 2. The molecule has 0 saturated carbocycles. The summed E-state index contributed by atoms with van der Waals surface area (Å²) in [5.74, 6) is 1.42. The minimum atomic E-state index is -0.117. The summed E-state index contributed by atoms with van der Waals surface area (Å²) in [5, 5.41) is 2.83. The molecule has 0 aliphatic carbocycles. The van der Waals surface area contributed by atoms with Crippen LogP contribution < -0.4 is 20.5 Å². The lowest BCUT2D eigenvalue weighted by Crippen LogP contribution is -2.14. The number of thioether (sulfide) groups is 1. The second kappa shape index (κ2) is 7.61. The maximum absolute atomic E-state index is 12.1. The molecule has 5 nitrogen and oxygen atoms in total. The first kappa shape index (κ1) is 16.0. The lowest BCUT2D eigenvalue weighted by Gasteiger charge is -2.11. The molecule has 0 saturated heterocycles. The molecule has 0 aliphatic rings. The Morgan fingerprint density at radius 3 is 2.50 bits per heavy atom. The summed E-state index contributed by atoms with van der Waals surface area (Å²) >= 11 is 1.44. The molecule has 2 aromatic carbocycles. The Kier molecular flexibility index (Phi) is 5.55. The fourth-order valence-electron chi connectivity index (χ4n) is 1.81. The van der Waals surface area contributed by atoms with E-state index in [4.69, 9.17) is 15.2 Å². The normalized spacial score (nSPS) is 10.1. The van der Waals surface area contributed by atoms with Gasteiger partial charge in [-0.05, 0) is 36.4 Å². The molecular weight excluding hydrogens is 300 g/mol. The van der Waals surface area contributed by atoms with Crippen molar-refractivity contribution in [1.29, 1.82) is 0 Å². The Labute approximate surface area is 133 Å². The van der Waals surface area contributed by atoms with E-state index in [1.807, 2.05) is 24.3 Å². The first-order valence-corrected chi connectivity index (χ1v) is 7.61. The lowest BCUT2D eigenvalue weighted by atomic mass is 10.2. The van der Waals surface area contributed by atoms with E-state index in [1.165, 1.54) is 11.8 Å². The van der Waals surface area contributed by atoms with E-state index in [0.29, 0.717) is 28.6 Å². The first-order valence-electron chi connectivity index (χ1n) is 6.62. The minimum absolute atomic E-state index is 0.117. The Hall–Kier alpha value is -2.34. The average Bonchev–Trinajstić information content (AvgIpc) is 2.54. The largest absolute Gasteiger partial charge is 0.497 e. The number of benzene rings is 2. The van der Waals surface area contributed by atoms with Gasteiger partial charge in [-0.15, -0.1) is 11.8 Å². The van der Waals surface area contributed by atoms with Gasteiger partial charge in [-0.1, -0.05) is 0 Å². The summed E-state index contributed by atoms with van der Waals surface area (Å²) in [4.78, 5) is 13.1. The van der Waals surface area contributed by atoms with Crippen LogP contribution >= 0.6 is 11.8 Å². The molecule has 1 amide bonds. The molecule has 0 aromatic heterocycles. The van der Waals surface area contributed by atoms with Crippen LogP contribution in [0.5, 0.6) is 11.5 Å². The molecule has 0 heterocycles. The minimum Gasteiger partial charge on any atom is -0.497 e. The molecule has 0 fully saturated rings. The third kappa shape index (κ3) is 4.33. The van der Waals surface area contributed by atoms with Gasteiger partial charge in [0.25, 0.3) is 0 Å². The van der Waals surface area contributed by atoms with E-state index >= 15 is 0 Å². The number of carbonyl (C=O) groups is 1. The summed E-state index contributed by atoms with van der Waals surface area (Å²) in [6, 6.07) is 12.7. The first-order chi connectivity index (χ1) is 10.6. The van der Waals surface area contributed by atoms with Crippen molar-refractivity contribution in [3.63, 3.8) is 0 Å². The standard InChI is InChI=1S/C16H18N2O3S/c1-20-12-5-8-15(21-2)14(9-12)18-16(19)10-22-13-6-3-11(17)4-7-13/h3-9H,10,17H2,1-2H3,(H,18,19). The molecule has 0 radical (unpaired) electrons. The number of anilines is 2. The van der Waals surface area contributed by atoms with Crippen LogP contribution in [0.3, 0.4) is 0 Å². The second-order valence-electron chi connectivity index (χ2n) is 4.47. The van der Waals surface area contributed by atoms with Crippen molar-refractivity contribution in [2.75, 3.05) is 31.0 Å². The van der Waals surface area contributed by atoms with Crippen molar-refractivity contribution in [2.24, 2.45) is 0 Å². The van der Waals surface area contributed by atoms with Gasteiger partial charge in [-0.3, -0.25) is 4.79 Å². The van der Waals surface area contributed by atoms with Gasteiger partial charge < -0.3 is 20.5 Å². The Bertz CT molecular complexity index is 644.